The van der Waals surface area contributed by atoms with Crippen LogP contribution >= 0.6 is 45.8 Å². The first kappa shape index (κ1) is 24.6. The number of carbonyl (C=O) groups is 2. The summed E-state index contributed by atoms with van der Waals surface area (Å²) in [5, 5.41) is 0.975. The number of aromatic nitrogens is 2. The van der Waals surface area contributed by atoms with Crippen LogP contribution < -0.4 is 5.69 Å². The molecular weight excluding hydrogens is 598 g/mol. The van der Waals surface area contributed by atoms with Gasteiger partial charge in [0.15, 0.2) is 0 Å². The van der Waals surface area contributed by atoms with Crippen LogP contribution in [0.1, 0.15) is 33.4 Å². The van der Waals surface area contributed by atoms with E-state index in [0.717, 1.165) is 3.57 Å². The zero-order valence-electron chi connectivity index (χ0n) is 17.4. The summed E-state index contributed by atoms with van der Waals surface area (Å²) in [4.78, 5) is 41.2. The Morgan fingerprint density at radius 3 is 2.24 bits per heavy atom. The number of halogens is 3. The Balaban J connectivity index is 1.51. The molecule has 2 heterocycles. The molecule has 176 valence electrons. The third-order valence-corrected chi connectivity index (χ3v) is 6.13. The molecule has 0 amide bonds. The first-order chi connectivity index (χ1) is 16.3. The molecule has 1 aliphatic heterocycles. The fourth-order valence-corrected chi connectivity index (χ4v) is 4.07. The Hall–Kier alpha value is -2.47. The molecular formula is C23H17Cl2IN2O6. The molecule has 1 saturated heterocycles. The third kappa shape index (κ3) is 5.96. The maximum Gasteiger partial charge on any atom is 0.349 e. The summed E-state index contributed by atoms with van der Waals surface area (Å²) in [5.74, 6) is -1.17. The molecule has 34 heavy (non-hydrogen) atoms. The second-order valence-corrected chi connectivity index (χ2v) is 9.50. The lowest BCUT2D eigenvalue weighted by atomic mass is 10.1. The van der Waals surface area contributed by atoms with Crippen molar-refractivity contribution in [1.29, 1.82) is 0 Å². The van der Waals surface area contributed by atoms with E-state index in [2.05, 4.69) is 4.98 Å². The molecule has 0 radical (unpaired) electrons. The lowest BCUT2D eigenvalue weighted by Gasteiger charge is -2.19. The van der Waals surface area contributed by atoms with Crippen molar-refractivity contribution in [3.8, 4) is 0 Å². The molecule has 4 rings (SSSR count). The van der Waals surface area contributed by atoms with Crippen LogP contribution in [-0.4, -0.2) is 40.3 Å². The van der Waals surface area contributed by atoms with Crippen molar-refractivity contribution in [2.45, 2.75) is 24.9 Å². The van der Waals surface area contributed by atoms with Gasteiger partial charge in [0, 0.05) is 32.4 Å². The zero-order chi connectivity index (χ0) is 24.2. The first-order valence-electron chi connectivity index (χ1n) is 10.1. The van der Waals surface area contributed by atoms with Gasteiger partial charge in [-0.15, -0.1) is 0 Å². The van der Waals surface area contributed by atoms with E-state index >= 15 is 0 Å². The van der Waals surface area contributed by atoms with Crippen LogP contribution in [0.2, 0.25) is 10.0 Å². The van der Waals surface area contributed by atoms with Crippen LogP contribution in [0.15, 0.2) is 65.7 Å². The standard InChI is InChI=1S/C23H17Cl2IN2O6/c24-15-5-1-13(2-6-15)21(29)32-12-19-18(34-22(30)14-3-7-16(25)8-4-14)9-20(33-19)28-11-17(26)10-27-23(28)31/h1-8,10-11,18-20H,9,12H2/t18-,19+,20+/m0/s1. The summed E-state index contributed by atoms with van der Waals surface area (Å²) in [7, 11) is 0. The summed E-state index contributed by atoms with van der Waals surface area (Å²) in [5.41, 5.74) is 0.108. The van der Waals surface area contributed by atoms with Gasteiger partial charge in [0.05, 0.1) is 11.1 Å². The number of ether oxygens (including phenoxy) is 3. The molecule has 0 aliphatic carbocycles. The number of esters is 2. The Morgan fingerprint density at radius 1 is 1.03 bits per heavy atom. The van der Waals surface area contributed by atoms with Crippen LogP contribution in [0, 0.1) is 3.57 Å². The average molecular weight is 615 g/mol. The van der Waals surface area contributed by atoms with Crippen molar-refractivity contribution in [2.75, 3.05) is 6.61 Å². The molecule has 0 saturated carbocycles. The van der Waals surface area contributed by atoms with Crippen LogP contribution in [-0.2, 0) is 14.2 Å². The van der Waals surface area contributed by atoms with Crippen molar-refractivity contribution in [3.63, 3.8) is 0 Å². The van der Waals surface area contributed by atoms with Crippen LogP contribution in [0.3, 0.4) is 0 Å². The Labute approximate surface area is 217 Å². The number of rotatable bonds is 6. The molecule has 3 aromatic rings. The number of carbonyl (C=O) groups excluding carboxylic acids is 2. The fraction of sp³-hybridized carbons (Fsp3) is 0.217. The monoisotopic (exact) mass is 614 g/mol. The molecule has 1 aromatic heterocycles. The van der Waals surface area contributed by atoms with Gasteiger partial charge in [-0.2, -0.15) is 0 Å². The fourth-order valence-electron chi connectivity index (χ4n) is 3.38. The Morgan fingerprint density at radius 2 is 1.62 bits per heavy atom. The first-order valence-corrected chi connectivity index (χ1v) is 11.9. The van der Waals surface area contributed by atoms with Gasteiger partial charge in [-0.05, 0) is 71.1 Å². The van der Waals surface area contributed by atoms with Crippen LogP contribution in [0.25, 0.3) is 0 Å². The maximum absolute atomic E-state index is 12.7. The van der Waals surface area contributed by atoms with Crippen LogP contribution in [0.4, 0.5) is 0 Å². The van der Waals surface area contributed by atoms with Gasteiger partial charge in [-0.1, -0.05) is 23.2 Å². The predicted octanol–water partition coefficient (Wildman–Crippen LogP) is 4.52. The highest BCUT2D eigenvalue weighted by Crippen LogP contribution is 2.31. The van der Waals surface area contributed by atoms with E-state index in [0.29, 0.717) is 21.2 Å². The molecule has 11 heteroatoms. The number of benzene rings is 2. The predicted molar refractivity (Wildman–Crippen MR) is 132 cm³/mol. The summed E-state index contributed by atoms with van der Waals surface area (Å²) in [6, 6.07) is 12.5. The number of hydrogen-bond acceptors (Lipinski definition) is 7. The molecule has 0 N–H and O–H groups in total. The van der Waals surface area contributed by atoms with E-state index in [4.69, 9.17) is 37.4 Å². The van der Waals surface area contributed by atoms with Crippen molar-refractivity contribution >= 4 is 57.7 Å². The van der Waals surface area contributed by atoms with Gasteiger partial charge in [-0.3, -0.25) is 4.57 Å². The average Bonchev–Trinajstić information content (AvgIpc) is 3.22. The zero-order valence-corrected chi connectivity index (χ0v) is 21.1. The minimum Gasteiger partial charge on any atom is -0.459 e. The van der Waals surface area contributed by atoms with Gasteiger partial charge in [0.25, 0.3) is 0 Å². The van der Waals surface area contributed by atoms with Gasteiger partial charge in [-0.25, -0.2) is 19.4 Å². The third-order valence-electron chi connectivity index (χ3n) is 5.07. The molecule has 2 aromatic carbocycles. The highest BCUT2D eigenvalue weighted by Gasteiger charge is 2.40. The molecule has 0 bridgehead atoms. The second-order valence-electron chi connectivity index (χ2n) is 7.38. The molecule has 1 fully saturated rings. The molecule has 0 spiro atoms. The van der Waals surface area contributed by atoms with E-state index < -0.39 is 36.1 Å². The van der Waals surface area contributed by atoms with Crippen molar-refractivity contribution in [2.24, 2.45) is 0 Å². The number of nitrogens with zero attached hydrogens (tertiary/aromatic N) is 2. The normalized spacial score (nSPS) is 19.6. The molecule has 1 aliphatic rings. The maximum atomic E-state index is 12.7. The Bertz CT molecular complexity index is 1250. The molecule has 8 nitrogen and oxygen atoms in total. The van der Waals surface area contributed by atoms with E-state index in [1.165, 1.54) is 22.9 Å². The largest absolute Gasteiger partial charge is 0.459 e. The highest BCUT2D eigenvalue weighted by molar-refractivity contribution is 14.1. The van der Waals surface area contributed by atoms with Gasteiger partial charge < -0.3 is 14.2 Å². The van der Waals surface area contributed by atoms with Crippen molar-refractivity contribution < 1.29 is 23.8 Å². The van der Waals surface area contributed by atoms with E-state index in [1.54, 1.807) is 42.6 Å². The molecule has 3 atom stereocenters. The quantitative estimate of drug-likeness (QED) is 0.297. The SMILES string of the molecule is O=C(OC[C@H]1O[C@@H](n2cc(I)cnc2=O)C[C@@H]1OC(=O)c1ccc(Cl)cc1)c1ccc(Cl)cc1. The minimum atomic E-state index is -0.803. The van der Waals surface area contributed by atoms with Crippen LogP contribution in [0.5, 0.6) is 0 Å². The van der Waals surface area contributed by atoms with Gasteiger partial charge >= 0.3 is 17.6 Å². The summed E-state index contributed by atoms with van der Waals surface area (Å²) < 4.78 is 19.1. The lowest BCUT2D eigenvalue weighted by molar-refractivity contribution is -0.0582. The second kappa shape index (κ2) is 10.9. The summed E-state index contributed by atoms with van der Waals surface area (Å²) in [6.07, 6.45) is 0.873. The summed E-state index contributed by atoms with van der Waals surface area (Å²) >= 11 is 13.8. The van der Waals surface area contributed by atoms with E-state index in [-0.39, 0.29) is 13.0 Å². The van der Waals surface area contributed by atoms with E-state index in [9.17, 15) is 14.4 Å². The van der Waals surface area contributed by atoms with Gasteiger partial charge in [0.2, 0.25) is 0 Å². The smallest absolute Gasteiger partial charge is 0.349 e. The van der Waals surface area contributed by atoms with E-state index in [1.807, 2.05) is 22.6 Å². The summed E-state index contributed by atoms with van der Waals surface area (Å²) in [6.45, 7) is -0.192. The highest BCUT2D eigenvalue weighted by atomic mass is 127. The minimum absolute atomic E-state index is 0.171. The Kier molecular flexibility index (Phi) is 7.87. The number of hydrogen-bond donors (Lipinski definition) is 0. The molecule has 0 unspecified atom stereocenters. The topological polar surface area (TPSA) is 96.7 Å². The van der Waals surface area contributed by atoms with Crippen molar-refractivity contribution in [3.05, 3.63) is 96.2 Å². The van der Waals surface area contributed by atoms with Gasteiger partial charge in [0.1, 0.15) is 25.0 Å². The lowest BCUT2D eigenvalue weighted by Crippen LogP contribution is -2.32. The van der Waals surface area contributed by atoms with Crippen molar-refractivity contribution in [1.82, 2.24) is 9.55 Å².